The van der Waals surface area contributed by atoms with Gasteiger partial charge in [-0.05, 0) is 55.5 Å². The first-order chi connectivity index (χ1) is 14.4. The molecule has 0 aliphatic carbocycles. The number of benzene rings is 3. The first-order valence-corrected chi connectivity index (χ1v) is 11.0. The van der Waals surface area contributed by atoms with Crippen molar-refractivity contribution < 1.29 is 13.2 Å². The Morgan fingerprint density at radius 2 is 1.67 bits per heavy atom. The lowest BCUT2D eigenvalue weighted by atomic mass is 10.1. The van der Waals surface area contributed by atoms with Gasteiger partial charge in [-0.2, -0.15) is 0 Å². The molecule has 1 heterocycles. The number of aryl methyl sites for hydroxylation is 1. The molecule has 1 N–H and O–H groups in total. The number of carbonyl (C=O) groups excluding carboxylic acids is 1. The van der Waals surface area contributed by atoms with Gasteiger partial charge in [-0.25, -0.2) is 8.42 Å². The van der Waals surface area contributed by atoms with Crippen LogP contribution in [0.1, 0.15) is 15.9 Å². The van der Waals surface area contributed by atoms with Gasteiger partial charge in [0.1, 0.15) is 0 Å². The summed E-state index contributed by atoms with van der Waals surface area (Å²) in [6.45, 7) is 1.88. The number of sulfone groups is 1. The molecule has 0 saturated heterocycles. The standard InChI is InChI=1S/C23H17ClN2O3S/c1-15-8-10-16(11-9-15)30(28,29)21-7-3-2-5-18(21)23(27)26-20-13-12-19(24)17-6-4-14-25-22(17)20/h2-14H,1H3,(H,26,27). The maximum atomic E-state index is 13.2. The lowest BCUT2D eigenvalue weighted by molar-refractivity contribution is 0.102. The predicted molar refractivity (Wildman–Crippen MR) is 118 cm³/mol. The highest BCUT2D eigenvalue weighted by Crippen LogP contribution is 2.29. The van der Waals surface area contributed by atoms with Gasteiger partial charge in [0.2, 0.25) is 9.84 Å². The molecule has 0 aliphatic rings. The van der Waals surface area contributed by atoms with Gasteiger partial charge in [-0.15, -0.1) is 0 Å². The molecule has 0 fully saturated rings. The lowest BCUT2D eigenvalue weighted by Crippen LogP contribution is -2.17. The Morgan fingerprint density at radius 3 is 2.43 bits per heavy atom. The molecule has 1 aromatic heterocycles. The van der Waals surface area contributed by atoms with E-state index >= 15 is 0 Å². The summed E-state index contributed by atoms with van der Waals surface area (Å²) < 4.78 is 26.3. The number of nitrogens with zero attached hydrogens (tertiary/aromatic N) is 1. The highest BCUT2D eigenvalue weighted by molar-refractivity contribution is 7.91. The second-order valence-corrected chi connectivity index (χ2v) is 9.09. The number of hydrogen-bond acceptors (Lipinski definition) is 4. The van der Waals surface area contributed by atoms with E-state index < -0.39 is 15.7 Å². The van der Waals surface area contributed by atoms with Crippen molar-refractivity contribution in [3.63, 3.8) is 0 Å². The molecule has 4 aromatic rings. The molecule has 4 rings (SSSR count). The number of fused-ring (bicyclic) bond motifs is 1. The van der Waals surface area contributed by atoms with E-state index in [9.17, 15) is 13.2 Å². The summed E-state index contributed by atoms with van der Waals surface area (Å²) in [4.78, 5) is 17.4. The summed E-state index contributed by atoms with van der Waals surface area (Å²) in [6.07, 6.45) is 1.60. The number of aromatic nitrogens is 1. The summed E-state index contributed by atoms with van der Waals surface area (Å²) in [6, 6.07) is 19.5. The van der Waals surface area contributed by atoms with Gasteiger partial charge in [0.25, 0.3) is 5.91 Å². The molecule has 0 aliphatic heterocycles. The van der Waals surface area contributed by atoms with Gasteiger partial charge in [0.05, 0.1) is 31.6 Å². The number of hydrogen-bond donors (Lipinski definition) is 1. The van der Waals surface area contributed by atoms with Crippen molar-refractivity contribution in [2.45, 2.75) is 16.7 Å². The summed E-state index contributed by atoms with van der Waals surface area (Å²) >= 11 is 6.21. The molecule has 7 heteroatoms. The quantitative estimate of drug-likeness (QED) is 0.472. The van der Waals surface area contributed by atoms with Crippen LogP contribution in [0.2, 0.25) is 5.02 Å². The Labute approximate surface area is 179 Å². The van der Waals surface area contributed by atoms with Crippen molar-refractivity contribution in [1.82, 2.24) is 4.98 Å². The topological polar surface area (TPSA) is 76.1 Å². The van der Waals surface area contributed by atoms with Crippen LogP contribution in [0.15, 0.2) is 88.8 Å². The molecule has 30 heavy (non-hydrogen) atoms. The highest BCUT2D eigenvalue weighted by atomic mass is 35.5. The Balaban J connectivity index is 1.76. The summed E-state index contributed by atoms with van der Waals surface area (Å²) in [5.41, 5.74) is 1.97. The maximum absolute atomic E-state index is 13.2. The number of rotatable bonds is 4. The van der Waals surface area contributed by atoms with Crippen LogP contribution >= 0.6 is 11.6 Å². The summed E-state index contributed by atoms with van der Waals surface area (Å²) in [7, 11) is -3.87. The van der Waals surface area contributed by atoms with E-state index in [0.717, 1.165) is 5.56 Å². The van der Waals surface area contributed by atoms with Crippen molar-refractivity contribution in [3.8, 4) is 0 Å². The predicted octanol–water partition coefficient (Wildman–Crippen LogP) is 5.28. The van der Waals surface area contributed by atoms with Crippen LogP contribution in [-0.2, 0) is 9.84 Å². The van der Waals surface area contributed by atoms with E-state index in [2.05, 4.69) is 10.3 Å². The van der Waals surface area contributed by atoms with Crippen molar-refractivity contribution in [2.24, 2.45) is 0 Å². The molecule has 0 radical (unpaired) electrons. The van der Waals surface area contributed by atoms with E-state index in [4.69, 9.17) is 11.6 Å². The van der Waals surface area contributed by atoms with Crippen LogP contribution in [0.25, 0.3) is 10.9 Å². The van der Waals surface area contributed by atoms with Crippen molar-refractivity contribution >= 4 is 43.9 Å². The van der Waals surface area contributed by atoms with E-state index in [-0.39, 0.29) is 15.4 Å². The SMILES string of the molecule is Cc1ccc(S(=O)(=O)c2ccccc2C(=O)Nc2ccc(Cl)c3cccnc23)cc1. The number of pyridine rings is 1. The zero-order valence-electron chi connectivity index (χ0n) is 16.0. The van der Waals surface area contributed by atoms with Crippen molar-refractivity contribution in [2.75, 3.05) is 5.32 Å². The third kappa shape index (κ3) is 3.67. The normalized spacial score (nSPS) is 11.4. The third-order valence-corrected chi connectivity index (χ3v) is 6.87. The molecular weight excluding hydrogens is 420 g/mol. The molecule has 3 aromatic carbocycles. The first-order valence-electron chi connectivity index (χ1n) is 9.13. The Bertz CT molecular complexity index is 1370. The molecule has 0 bridgehead atoms. The van der Waals surface area contributed by atoms with Gasteiger partial charge in [-0.3, -0.25) is 9.78 Å². The number of halogens is 1. The Hall–Kier alpha value is -3.22. The van der Waals surface area contributed by atoms with Crippen LogP contribution in [0.4, 0.5) is 5.69 Å². The van der Waals surface area contributed by atoms with Crippen LogP contribution in [0.5, 0.6) is 0 Å². The van der Waals surface area contributed by atoms with Crippen LogP contribution in [0, 0.1) is 6.92 Å². The highest BCUT2D eigenvalue weighted by Gasteiger charge is 2.24. The average molecular weight is 437 g/mol. The molecule has 150 valence electrons. The first kappa shape index (κ1) is 20.1. The summed E-state index contributed by atoms with van der Waals surface area (Å²) in [5, 5.41) is 3.98. The van der Waals surface area contributed by atoms with Gasteiger partial charge in [0.15, 0.2) is 0 Å². The number of amides is 1. The second-order valence-electron chi connectivity index (χ2n) is 6.76. The minimum Gasteiger partial charge on any atom is -0.320 e. The molecule has 0 spiro atoms. The second kappa shape index (κ2) is 7.89. The summed E-state index contributed by atoms with van der Waals surface area (Å²) in [5.74, 6) is -0.546. The minimum absolute atomic E-state index is 0.0529. The smallest absolute Gasteiger partial charge is 0.257 e. The number of anilines is 1. The van der Waals surface area contributed by atoms with E-state index in [1.165, 1.54) is 24.3 Å². The lowest BCUT2D eigenvalue weighted by Gasteiger charge is -2.13. The van der Waals surface area contributed by atoms with Crippen molar-refractivity contribution in [1.29, 1.82) is 0 Å². The van der Waals surface area contributed by atoms with Gasteiger partial charge < -0.3 is 5.32 Å². The maximum Gasteiger partial charge on any atom is 0.257 e. The fraction of sp³-hybridized carbons (Fsp3) is 0.0435. The molecule has 1 amide bonds. The Kier molecular flexibility index (Phi) is 5.28. The largest absolute Gasteiger partial charge is 0.320 e. The van der Waals surface area contributed by atoms with Crippen molar-refractivity contribution in [3.05, 3.63) is 95.1 Å². The average Bonchev–Trinajstić information content (AvgIpc) is 2.76. The van der Waals surface area contributed by atoms with Gasteiger partial charge >= 0.3 is 0 Å². The zero-order valence-corrected chi connectivity index (χ0v) is 17.5. The Morgan fingerprint density at radius 1 is 0.933 bits per heavy atom. The third-order valence-electron chi connectivity index (χ3n) is 4.72. The molecule has 0 atom stereocenters. The zero-order chi connectivity index (χ0) is 21.3. The van der Waals surface area contributed by atoms with Gasteiger partial charge in [-0.1, -0.05) is 41.4 Å². The fourth-order valence-corrected chi connectivity index (χ4v) is 4.83. The molecular formula is C23H17ClN2O3S. The molecule has 0 unspecified atom stereocenters. The van der Waals surface area contributed by atoms with Crippen LogP contribution < -0.4 is 5.32 Å². The van der Waals surface area contributed by atoms with E-state index in [1.807, 2.05) is 6.92 Å². The molecule has 5 nitrogen and oxygen atoms in total. The van der Waals surface area contributed by atoms with E-state index in [1.54, 1.807) is 54.7 Å². The number of carbonyl (C=O) groups is 1. The minimum atomic E-state index is -3.87. The van der Waals surface area contributed by atoms with Crippen LogP contribution in [-0.4, -0.2) is 19.3 Å². The fourth-order valence-electron chi connectivity index (χ4n) is 3.16. The van der Waals surface area contributed by atoms with E-state index in [0.29, 0.717) is 21.6 Å². The van der Waals surface area contributed by atoms with Crippen LogP contribution in [0.3, 0.4) is 0 Å². The number of nitrogens with one attached hydrogen (secondary N) is 1. The van der Waals surface area contributed by atoms with Gasteiger partial charge in [0, 0.05) is 11.6 Å². The molecule has 0 saturated carbocycles. The monoisotopic (exact) mass is 436 g/mol.